The summed E-state index contributed by atoms with van der Waals surface area (Å²) in [5.74, 6) is 0.756. The Bertz CT molecular complexity index is 1030. The number of ether oxygens (including phenoxy) is 1. The second-order valence-corrected chi connectivity index (χ2v) is 8.66. The van der Waals surface area contributed by atoms with Gasteiger partial charge in [-0.1, -0.05) is 13.8 Å². The molecule has 1 amide bonds. The van der Waals surface area contributed by atoms with Crippen molar-refractivity contribution >= 4 is 16.8 Å². The Labute approximate surface area is 177 Å². The third kappa shape index (κ3) is 5.39. The first-order chi connectivity index (χ1) is 14.1. The molecule has 0 unspecified atom stereocenters. The van der Waals surface area contributed by atoms with Gasteiger partial charge in [-0.05, 0) is 69.0 Å². The molecule has 0 saturated carbocycles. The lowest BCUT2D eigenvalue weighted by Crippen LogP contribution is -2.33. The number of aromatic amines is 1. The molecule has 0 aliphatic rings. The van der Waals surface area contributed by atoms with Crippen molar-refractivity contribution in [3.63, 3.8) is 0 Å². The van der Waals surface area contributed by atoms with Crippen molar-refractivity contribution in [2.75, 3.05) is 13.2 Å². The molecule has 1 aromatic carbocycles. The van der Waals surface area contributed by atoms with E-state index in [9.17, 15) is 9.90 Å². The van der Waals surface area contributed by atoms with Crippen LogP contribution in [0.3, 0.4) is 0 Å². The standard InChI is InChI=1S/C24H31N3O3/c1-15(2)22-19-13-18(30-14-21(28)26-11-9-24(4,5)29)6-7-20(19)27-23(22)17-8-10-25-16(3)12-17/h6-8,10,12-13,15,27,29H,9,11,14H2,1-5H3,(H,26,28). The third-order valence-electron chi connectivity index (χ3n) is 5.00. The van der Waals surface area contributed by atoms with Crippen LogP contribution in [0.2, 0.25) is 0 Å². The lowest BCUT2D eigenvalue weighted by Gasteiger charge is -2.17. The van der Waals surface area contributed by atoms with Crippen molar-refractivity contribution in [2.45, 2.75) is 52.6 Å². The Balaban J connectivity index is 1.79. The van der Waals surface area contributed by atoms with E-state index in [0.29, 0.717) is 24.6 Å². The fourth-order valence-corrected chi connectivity index (χ4v) is 3.52. The van der Waals surface area contributed by atoms with Gasteiger partial charge in [0.2, 0.25) is 0 Å². The van der Waals surface area contributed by atoms with Crippen molar-refractivity contribution in [2.24, 2.45) is 0 Å². The van der Waals surface area contributed by atoms with Gasteiger partial charge in [0.15, 0.2) is 6.61 Å². The van der Waals surface area contributed by atoms with Gasteiger partial charge in [-0.3, -0.25) is 9.78 Å². The summed E-state index contributed by atoms with van der Waals surface area (Å²) in [6.45, 7) is 10.1. The molecule has 6 nitrogen and oxygen atoms in total. The Hall–Kier alpha value is -2.86. The molecule has 3 N–H and O–H groups in total. The molecule has 0 saturated heterocycles. The Morgan fingerprint density at radius 1 is 1.27 bits per heavy atom. The number of rotatable bonds is 8. The summed E-state index contributed by atoms with van der Waals surface area (Å²) in [4.78, 5) is 19.9. The fraction of sp³-hybridized carbons (Fsp3) is 0.417. The Kier molecular flexibility index (Phi) is 6.46. The molecule has 0 fully saturated rings. The maximum Gasteiger partial charge on any atom is 0.257 e. The van der Waals surface area contributed by atoms with Gasteiger partial charge in [0.25, 0.3) is 5.91 Å². The summed E-state index contributed by atoms with van der Waals surface area (Å²) in [6, 6.07) is 9.93. The zero-order valence-electron chi connectivity index (χ0n) is 18.4. The topological polar surface area (TPSA) is 87.2 Å². The minimum atomic E-state index is -0.800. The molecular weight excluding hydrogens is 378 g/mol. The van der Waals surface area contributed by atoms with Crippen LogP contribution in [-0.4, -0.2) is 39.7 Å². The van der Waals surface area contributed by atoms with Crippen LogP contribution >= 0.6 is 0 Å². The first-order valence-corrected chi connectivity index (χ1v) is 10.3. The number of pyridine rings is 1. The van der Waals surface area contributed by atoms with Crippen LogP contribution in [0.5, 0.6) is 5.75 Å². The predicted molar refractivity (Wildman–Crippen MR) is 120 cm³/mol. The third-order valence-corrected chi connectivity index (χ3v) is 5.00. The van der Waals surface area contributed by atoms with Crippen LogP contribution in [0.1, 0.15) is 51.3 Å². The zero-order chi connectivity index (χ0) is 21.9. The number of aromatic nitrogens is 2. The molecule has 3 aromatic rings. The highest BCUT2D eigenvalue weighted by Crippen LogP contribution is 2.37. The lowest BCUT2D eigenvalue weighted by atomic mass is 9.96. The van der Waals surface area contributed by atoms with Crippen LogP contribution < -0.4 is 10.1 Å². The van der Waals surface area contributed by atoms with E-state index in [1.54, 1.807) is 13.8 Å². The molecule has 30 heavy (non-hydrogen) atoms. The van der Waals surface area contributed by atoms with Gasteiger partial charge >= 0.3 is 0 Å². The van der Waals surface area contributed by atoms with E-state index < -0.39 is 5.60 Å². The number of carbonyl (C=O) groups excluding carboxylic acids is 1. The molecule has 0 radical (unpaired) electrons. The average Bonchev–Trinajstić information content (AvgIpc) is 3.04. The minimum absolute atomic E-state index is 0.0603. The number of aliphatic hydroxyl groups is 1. The van der Waals surface area contributed by atoms with E-state index in [2.05, 4.69) is 35.2 Å². The Morgan fingerprint density at radius 2 is 2.03 bits per heavy atom. The first-order valence-electron chi connectivity index (χ1n) is 10.3. The van der Waals surface area contributed by atoms with Crippen LogP contribution in [0, 0.1) is 6.92 Å². The number of hydrogen-bond donors (Lipinski definition) is 3. The van der Waals surface area contributed by atoms with Gasteiger partial charge in [0.1, 0.15) is 5.75 Å². The summed E-state index contributed by atoms with van der Waals surface area (Å²) >= 11 is 0. The number of carbonyl (C=O) groups is 1. The maximum atomic E-state index is 12.0. The predicted octanol–water partition coefficient (Wildman–Crippen LogP) is 4.32. The van der Waals surface area contributed by atoms with Crippen molar-refractivity contribution in [1.29, 1.82) is 0 Å². The zero-order valence-corrected chi connectivity index (χ0v) is 18.4. The SMILES string of the molecule is Cc1cc(-c2[nH]c3ccc(OCC(=O)NCCC(C)(C)O)cc3c2C(C)C)ccn1. The molecule has 2 aromatic heterocycles. The van der Waals surface area contributed by atoms with E-state index in [0.717, 1.165) is 27.9 Å². The largest absolute Gasteiger partial charge is 0.484 e. The van der Waals surface area contributed by atoms with Gasteiger partial charge in [0.05, 0.1) is 11.3 Å². The molecule has 0 spiro atoms. The van der Waals surface area contributed by atoms with Crippen LogP contribution in [0.25, 0.3) is 22.2 Å². The van der Waals surface area contributed by atoms with Gasteiger partial charge in [-0.25, -0.2) is 0 Å². The van der Waals surface area contributed by atoms with Crippen LogP contribution in [-0.2, 0) is 4.79 Å². The smallest absolute Gasteiger partial charge is 0.257 e. The van der Waals surface area contributed by atoms with Crippen molar-refractivity contribution < 1.29 is 14.6 Å². The van der Waals surface area contributed by atoms with E-state index in [1.165, 1.54) is 5.56 Å². The number of benzene rings is 1. The Morgan fingerprint density at radius 3 is 2.70 bits per heavy atom. The highest BCUT2D eigenvalue weighted by atomic mass is 16.5. The molecule has 3 rings (SSSR count). The summed E-state index contributed by atoms with van der Waals surface area (Å²) < 4.78 is 5.73. The van der Waals surface area contributed by atoms with Crippen LogP contribution in [0.4, 0.5) is 0 Å². The number of nitrogens with zero attached hydrogens (tertiary/aromatic N) is 1. The van der Waals surface area contributed by atoms with Gasteiger partial charge in [-0.15, -0.1) is 0 Å². The van der Waals surface area contributed by atoms with Gasteiger partial charge in [0, 0.05) is 34.9 Å². The minimum Gasteiger partial charge on any atom is -0.484 e. The number of fused-ring (bicyclic) bond motifs is 1. The highest BCUT2D eigenvalue weighted by molar-refractivity contribution is 5.92. The maximum absolute atomic E-state index is 12.0. The molecular formula is C24H31N3O3. The summed E-state index contributed by atoms with van der Waals surface area (Å²) in [6.07, 6.45) is 2.31. The second-order valence-electron chi connectivity index (χ2n) is 8.66. The molecule has 0 aliphatic heterocycles. The number of amides is 1. The van der Waals surface area contributed by atoms with E-state index >= 15 is 0 Å². The highest BCUT2D eigenvalue weighted by Gasteiger charge is 2.17. The number of nitrogens with one attached hydrogen (secondary N) is 2. The molecule has 2 heterocycles. The van der Waals surface area contributed by atoms with Crippen LogP contribution in [0.15, 0.2) is 36.5 Å². The molecule has 6 heteroatoms. The van der Waals surface area contributed by atoms with E-state index in [1.807, 2.05) is 37.4 Å². The average molecular weight is 410 g/mol. The van der Waals surface area contributed by atoms with Crippen molar-refractivity contribution in [1.82, 2.24) is 15.3 Å². The van der Waals surface area contributed by atoms with Gasteiger partial charge < -0.3 is 20.1 Å². The normalized spacial score (nSPS) is 11.8. The van der Waals surface area contributed by atoms with Crippen molar-refractivity contribution in [3.05, 3.63) is 47.8 Å². The molecule has 0 aliphatic carbocycles. The monoisotopic (exact) mass is 409 g/mol. The number of hydrogen-bond acceptors (Lipinski definition) is 4. The number of H-pyrrole nitrogens is 1. The quantitative estimate of drug-likeness (QED) is 0.517. The first kappa shape index (κ1) is 21.8. The second kappa shape index (κ2) is 8.88. The van der Waals surface area contributed by atoms with Crippen molar-refractivity contribution in [3.8, 4) is 17.0 Å². The molecule has 0 bridgehead atoms. The summed E-state index contributed by atoms with van der Waals surface area (Å²) in [5, 5.41) is 13.6. The van der Waals surface area contributed by atoms with E-state index in [-0.39, 0.29) is 12.5 Å². The molecule has 160 valence electrons. The summed E-state index contributed by atoms with van der Waals surface area (Å²) in [7, 11) is 0. The van der Waals surface area contributed by atoms with E-state index in [4.69, 9.17) is 4.74 Å². The number of aryl methyl sites for hydroxylation is 1. The lowest BCUT2D eigenvalue weighted by molar-refractivity contribution is -0.123. The summed E-state index contributed by atoms with van der Waals surface area (Å²) in [5.41, 5.74) is 4.62. The fourth-order valence-electron chi connectivity index (χ4n) is 3.52. The molecule has 0 atom stereocenters. The van der Waals surface area contributed by atoms with Gasteiger partial charge in [-0.2, -0.15) is 0 Å².